The molecule has 0 bridgehead atoms. The van der Waals surface area contributed by atoms with Crippen molar-refractivity contribution in [2.75, 3.05) is 14.2 Å². The normalized spacial score (nSPS) is 9.27. The molecule has 59 valence electrons. The van der Waals surface area contributed by atoms with E-state index < -0.39 is 0 Å². The first-order valence-corrected chi connectivity index (χ1v) is 3.58. The maximum Gasteiger partial charge on any atom is 0.178 e. The Balaban J connectivity index is 3.13. The number of hydrogen-bond donors (Lipinski definition) is 0. The Hall–Kier alpha value is -0.960. The van der Waals surface area contributed by atoms with Crippen molar-refractivity contribution in [2.24, 2.45) is 0 Å². The molecule has 0 atom stereocenters. The van der Waals surface area contributed by atoms with E-state index in [9.17, 15) is 0 Å². The summed E-state index contributed by atoms with van der Waals surface area (Å²) in [6.07, 6.45) is 0. The van der Waals surface area contributed by atoms with E-state index in [0.29, 0.717) is 16.4 Å². The Morgan fingerprint density at radius 2 is 1.91 bits per heavy atom. The summed E-state index contributed by atoms with van der Waals surface area (Å²) in [4.78, 5) is 0.673. The molecular formula is C8H9O2S. The predicted octanol–water partition coefficient (Wildman–Crippen LogP) is 2.26. The fourth-order valence-electron chi connectivity index (χ4n) is 0.858. The molecule has 0 heterocycles. The predicted molar refractivity (Wildman–Crippen MR) is 45.4 cm³/mol. The molecule has 1 radical (unpaired) electrons. The average molecular weight is 169 g/mol. The number of ether oxygens (including phenoxy) is 2. The maximum absolute atomic E-state index is 5.04. The van der Waals surface area contributed by atoms with Crippen molar-refractivity contribution in [3.05, 3.63) is 18.2 Å². The van der Waals surface area contributed by atoms with E-state index in [2.05, 4.69) is 0 Å². The van der Waals surface area contributed by atoms with Gasteiger partial charge in [-0.25, -0.2) is 0 Å². The summed E-state index contributed by atoms with van der Waals surface area (Å²) in [5.74, 6) is 1.31. The molecule has 0 aromatic heterocycles. The lowest BCUT2D eigenvalue weighted by Crippen LogP contribution is -1.90. The van der Waals surface area contributed by atoms with Gasteiger partial charge >= 0.3 is 0 Å². The van der Waals surface area contributed by atoms with E-state index in [-0.39, 0.29) is 0 Å². The lowest BCUT2D eigenvalue weighted by molar-refractivity contribution is 0.348. The van der Waals surface area contributed by atoms with Crippen LogP contribution in [0.15, 0.2) is 23.1 Å². The van der Waals surface area contributed by atoms with Crippen LogP contribution in [0.2, 0.25) is 0 Å². The second-order valence-corrected chi connectivity index (χ2v) is 2.43. The second-order valence-electron chi connectivity index (χ2n) is 1.99. The highest BCUT2D eigenvalue weighted by Gasteiger charge is 2.05. The number of methoxy groups -OCH3 is 2. The minimum absolute atomic E-state index is 0.630. The summed E-state index contributed by atoms with van der Waals surface area (Å²) >= 11 is 5.00. The van der Waals surface area contributed by atoms with Crippen LogP contribution in [0.5, 0.6) is 11.5 Å². The van der Waals surface area contributed by atoms with Crippen LogP contribution >= 0.6 is 12.6 Å². The van der Waals surface area contributed by atoms with E-state index in [1.165, 1.54) is 0 Å². The van der Waals surface area contributed by atoms with Gasteiger partial charge in [0.25, 0.3) is 0 Å². The fourth-order valence-corrected chi connectivity index (χ4v) is 1.12. The molecule has 1 aromatic rings. The standard InChI is InChI=1S/C8H9O2S/c1-9-6-4-3-5-7(11)8(6)10-2/h3-5H,1-2H3. The third-order valence-corrected chi connectivity index (χ3v) is 1.69. The Morgan fingerprint density at radius 3 is 2.36 bits per heavy atom. The van der Waals surface area contributed by atoms with E-state index in [0.717, 1.165) is 0 Å². The molecule has 0 fully saturated rings. The zero-order valence-electron chi connectivity index (χ0n) is 6.46. The molecule has 1 aromatic carbocycles. The van der Waals surface area contributed by atoms with Crippen molar-refractivity contribution in [1.29, 1.82) is 0 Å². The van der Waals surface area contributed by atoms with Crippen LogP contribution in [0.1, 0.15) is 0 Å². The van der Waals surface area contributed by atoms with Crippen LogP contribution in [0.3, 0.4) is 0 Å². The molecule has 0 aliphatic heterocycles. The van der Waals surface area contributed by atoms with Gasteiger partial charge in [0.2, 0.25) is 0 Å². The van der Waals surface area contributed by atoms with Crippen molar-refractivity contribution in [3.63, 3.8) is 0 Å². The quantitative estimate of drug-likeness (QED) is 0.676. The van der Waals surface area contributed by atoms with Crippen LogP contribution in [-0.2, 0) is 0 Å². The zero-order valence-corrected chi connectivity index (χ0v) is 7.27. The van der Waals surface area contributed by atoms with E-state index in [1.807, 2.05) is 12.1 Å². The highest BCUT2D eigenvalue weighted by molar-refractivity contribution is 7.80. The van der Waals surface area contributed by atoms with Gasteiger partial charge in [0.1, 0.15) is 0 Å². The monoisotopic (exact) mass is 169 g/mol. The van der Waals surface area contributed by atoms with Gasteiger partial charge < -0.3 is 9.47 Å². The first-order chi connectivity index (χ1) is 5.29. The average Bonchev–Trinajstić information content (AvgIpc) is 2.04. The van der Waals surface area contributed by atoms with Gasteiger partial charge in [-0.2, -0.15) is 0 Å². The number of hydrogen-bond acceptors (Lipinski definition) is 2. The largest absolute Gasteiger partial charge is 0.493 e. The first kappa shape index (κ1) is 8.14. The van der Waals surface area contributed by atoms with Gasteiger partial charge in [0.05, 0.1) is 19.1 Å². The number of rotatable bonds is 2. The Labute approximate surface area is 71.5 Å². The minimum Gasteiger partial charge on any atom is -0.493 e. The summed E-state index contributed by atoms with van der Waals surface area (Å²) in [5.41, 5.74) is 0. The van der Waals surface area contributed by atoms with Crippen LogP contribution in [-0.4, -0.2) is 14.2 Å². The minimum atomic E-state index is 0.630. The molecule has 0 aliphatic carbocycles. The molecule has 3 heteroatoms. The van der Waals surface area contributed by atoms with E-state index >= 15 is 0 Å². The molecule has 2 nitrogen and oxygen atoms in total. The van der Waals surface area contributed by atoms with Gasteiger partial charge in [-0.1, -0.05) is 18.7 Å². The molecule has 0 amide bonds. The number of para-hydroxylation sites is 1. The van der Waals surface area contributed by atoms with Crippen molar-refractivity contribution >= 4 is 12.6 Å². The lowest BCUT2D eigenvalue weighted by atomic mass is 10.3. The Bertz CT molecular complexity index is 248. The van der Waals surface area contributed by atoms with Crippen LogP contribution < -0.4 is 9.47 Å². The van der Waals surface area contributed by atoms with Gasteiger partial charge in [-0.05, 0) is 12.1 Å². The fraction of sp³-hybridized carbons (Fsp3) is 0.250. The number of benzene rings is 1. The van der Waals surface area contributed by atoms with Crippen molar-refractivity contribution in [1.82, 2.24) is 0 Å². The second kappa shape index (κ2) is 3.44. The molecule has 0 spiro atoms. The topological polar surface area (TPSA) is 18.5 Å². The molecule has 0 saturated heterocycles. The summed E-state index contributed by atoms with van der Waals surface area (Å²) in [6.45, 7) is 0. The first-order valence-electron chi connectivity index (χ1n) is 3.17. The SMILES string of the molecule is COc1cccc([S])c1OC. The smallest absolute Gasteiger partial charge is 0.178 e. The zero-order chi connectivity index (χ0) is 8.27. The summed E-state index contributed by atoms with van der Waals surface area (Å²) in [7, 11) is 3.17. The van der Waals surface area contributed by atoms with Gasteiger partial charge in [-0.15, -0.1) is 0 Å². The van der Waals surface area contributed by atoms with Gasteiger partial charge in [0, 0.05) is 0 Å². The van der Waals surface area contributed by atoms with E-state index in [1.54, 1.807) is 20.3 Å². The third kappa shape index (κ3) is 1.54. The van der Waals surface area contributed by atoms with Gasteiger partial charge in [-0.3, -0.25) is 0 Å². The van der Waals surface area contributed by atoms with Crippen molar-refractivity contribution < 1.29 is 9.47 Å². The summed E-state index contributed by atoms with van der Waals surface area (Å²) in [6, 6.07) is 5.45. The van der Waals surface area contributed by atoms with Gasteiger partial charge in [0.15, 0.2) is 11.5 Å². The van der Waals surface area contributed by atoms with Crippen LogP contribution in [0.25, 0.3) is 0 Å². The third-order valence-electron chi connectivity index (χ3n) is 1.37. The van der Waals surface area contributed by atoms with E-state index in [4.69, 9.17) is 22.1 Å². The van der Waals surface area contributed by atoms with Crippen molar-refractivity contribution in [3.8, 4) is 11.5 Å². The molecule has 1 rings (SSSR count). The van der Waals surface area contributed by atoms with Crippen molar-refractivity contribution in [2.45, 2.75) is 4.90 Å². The summed E-state index contributed by atoms with van der Waals surface area (Å²) < 4.78 is 10.1. The molecule has 0 aliphatic rings. The Morgan fingerprint density at radius 1 is 1.18 bits per heavy atom. The maximum atomic E-state index is 5.04. The highest BCUT2D eigenvalue weighted by atomic mass is 32.1. The molecule has 0 saturated carbocycles. The molecule has 0 unspecified atom stereocenters. The Kier molecular flexibility index (Phi) is 2.54. The molecule has 0 N–H and O–H groups in total. The molecule has 11 heavy (non-hydrogen) atoms. The van der Waals surface area contributed by atoms with Crippen LogP contribution in [0, 0.1) is 0 Å². The van der Waals surface area contributed by atoms with Crippen LogP contribution in [0.4, 0.5) is 0 Å². The lowest BCUT2D eigenvalue weighted by Gasteiger charge is -2.07. The summed E-state index contributed by atoms with van der Waals surface area (Å²) in [5, 5.41) is 0. The highest BCUT2D eigenvalue weighted by Crippen LogP contribution is 2.32. The molecular weight excluding hydrogens is 160 g/mol.